The molecule has 14 aromatic carbocycles. The van der Waals surface area contributed by atoms with E-state index in [4.69, 9.17) is 0 Å². The van der Waals surface area contributed by atoms with Crippen molar-refractivity contribution in [2.24, 2.45) is 0 Å². The molecular weight excluding hydrogens is 1000 g/mol. The van der Waals surface area contributed by atoms with E-state index in [1.54, 1.807) is 0 Å². The maximum Gasteiger partial charge on any atom is 0.179 e. The quantitative estimate of drug-likeness (QED) is 0.122. The van der Waals surface area contributed by atoms with E-state index >= 15 is 0 Å². The van der Waals surface area contributed by atoms with Crippen LogP contribution in [0.15, 0.2) is 297 Å². The summed E-state index contributed by atoms with van der Waals surface area (Å²) < 4.78 is 2.66. The van der Waals surface area contributed by atoms with Gasteiger partial charge in [-0.05, 0) is 156 Å². The Morgan fingerprint density at radius 2 is 0.476 bits per heavy atom. The van der Waals surface area contributed by atoms with Crippen molar-refractivity contribution < 1.29 is 0 Å². The summed E-state index contributed by atoms with van der Waals surface area (Å²) in [6, 6.07) is 113. The Balaban J connectivity index is 1.02. The molecule has 82 heavy (non-hydrogen) atoms. The molecule has 0 N–H and O–H groups in total. The smallest absolute Gasteiger partial charge is 0.179 e. The van der Waals surface area contributed by atoms with Crippen molar-refractivity contribution in [1.29, 1.82) is 0 Å². The number of hydrogen-bond acceptors (Lipinski definition) is 0. The van der Waals surface area contributed by atoms with Crippen LogP contribution < -0.4 is 20.7 Å². The second kappa shape index (κ2) is 17.3. The third-order valence-electron chi connectivity index (χ3n) is 18.6. The summed E-state index contributed by atoms with van der Waals surface area (Å²) in [5, 5.41) is 15.5. The molecular formula is C80H49NSi. The van der Waals surface area contributed by atoms with Crippen molar-refractivity contribution in [2.45, 2.75) is 0 Å². The van der Waals surface area contributed by atoms with Crippen LogP contribution in [0.25, 0.3) is 149 Å². The van der Waals surface area contributed by atoms with Gasteiger partial charge in [0, 0.05) is 21.5 Å². The molecule has 2 aromatic heterocycles. The van der Waals surface area contributed by atoms with Gasteiger partial charge in [-0.15, -0.1) is 0 Å². The molecule has 16 aromatic rings. The molecule has 2 heterocycles. The second-order valence-corrected chi connectivity index (χ2v) is 26.3. The first-order valence-electron chi connectivity index (χ1n) is 28.7. The summed E-state index contributed by atoms with van der Waals surface area (Å²) in [6.07, 6.45) is 0. The first kappa shape index (κ1) is 45.5. The predicted molar refractivity (Wildman–Crippen MR) is 350 cm³/mol. The lowest BCUT2D eigenvalue weighted by molar-refractivity contribution is 1.38. The summed E-state index contributed by atoms with van der Waals surface area (Å²) in [5.74, 6) is 0. The average molecular weight is 1050 g/mol. The summed E-state index contributed by atoms with van der Waals surface area (Å²) in [6.45, 7) is 0. The molecule has 0 atom stereocenters. The molecule has 0 saturated heterocycles. The van der Waals surface area contributed by atoms with Crippen LogP contribution in [-0.4, -0.2) is 12.5 Å². The van der Waals surface area contributed by atoms with Gasteiger partial charge in [0.05, 0.1) is 16.6 Å². The van der Waals surface area contributed by atoms with Gasteiger partial charge in [0.25, 0.3) is 0 Å². The van der Waals surface area contributed by atoms with Gasteiger partial charge in [-0.25, -0.2) is 0 Å². The van der Waals surface area contributed by atoms with E-state index in [1.165, 1.54) is 169 Å². The van der Waals surface area contributed by atoms with Gasteiger partial charge >= 0.3 is 0 Å². The standard InChI is InChI=1S/C80H49NSi/c1-4-22-52(23-5-1)82(53-24-6-2-7-25-53,54-26-8-3-9-27-54)55-46-74-72-44-50-40-42-68-64-36-16-14-32-60(64)56-28-10-12-30-58(56)62-34-18-20-38-66(62)78(68)70(50)48-76(72)81-77-49-71-51(45-73(77)75(47-55)80(74)81)41-43-69-65-37-17-15-33-61(65)57-29-11-13-31-59(57)63-35-19-21-39-67(63)79(69)71/h1-49H. The van der Waals surface area contributed by atoms with E-state index in [9.17, 15) is 0 Å². The van der Waals surface area contributed by atoms with E-state index in [0.29, 0.717) is 0 Å². The van der Waals surface area contributed by atoms with Crippen molar-refractivity contribution in [1.82, 2.24) is 4.40 Å². The van der Waals surface area contributed by atoms with E-state index in [-0.39, 0.29) is 0 Å². The first-order chi connectivity index (χ1) is 40.7. The highest BCUT2D eigenvalue weighted by atomic mass is 28.3. The van der Waals surface area contributed by atoms with Crippen LogP contribution in [-0.2, 0) is 0 Å². The molecule has 0 bridgehead atoms. The number of aromatic nitrogens is 1. The summed E-state index contributed by atoms with van der Waals surface area (Å²) in [4.78, 5) is 0. The van der Waals surface area contributed by atoms with Crippen LogP contribution in [0.5, 0.6) is 0 Å². The highest BCUT2D eigenvalue weighted by molar-refractivity contribution is 7.20. The minimum atomic E-state index is -3.00. The van der Waals surface area contributed by atoms with Crippen molar-refractivity contribution in [3.05, 3.63) is 297 Å². The summed E-state index contributed by atoms with van der Waals surface area (Å²) in [5.41, 5.74) is 23.8. The number of hydrogen-bond donors (Lipinski definition) is 0. The van der Waals surface area contributed by atoms with Gasteiger partial charge in [0.15, 0.2) is 8.07 Å². The lowest BCUT2D eigenvalue weighted by atomic mass is 9.79. The molecule has 18 rings (SSSR count). The molecule has 2 aliphatic carbocycles. The van der Waals surface area contributed by atoms with Crippen molar-refractivity contribution >= 4 is 88.5 Å². The molecule has 1 nitrogen and oxygen atoms in total. The topological polar surface area (TPSA) is 4.41 Å². The zero-order chi connectivity index (χ0) is 53.6. The third kappa shape index (κ3) is 6.22. The minimum Gasteiger partial charge on any atom is -0.308 e. The van der Waals surface area contributed by atoms with Crippen molar-refractivity contribution in [2.75, 3.05) is 0 Å². The van der Waals surface area contributed by atoms with Crippen molar-refractivity contribution in [3.63, 3.8) is 0 Å². The van der Waals surface area contributed by atoms with Crippen LogP contribution in [0, 0.1) is 0 Å². The predicted octanol–water partition coefficient (Wildman–Crippen LogP) is 18.5. The van der Waals surface area contributed by atoms with Gasteiger partial charge in [-0.2, -0.15) is 0 Å². The second-order valence-electron chi connectivity index (χ2n) is 22.5. The summed E-state index contributed by atoms with van der Waals surface area (Å²) >= 11 is 0. The molecule has 0 aliphatic heterocycles. The number of fused-ring (bicyclic) bond motifs is 26. The molecule has 2 heteroatoms. The van der Waals surface area contributed by atoms with Gasteiger partial charge in [-0.3, -0.25) is 0 Å². The Hall–Kier alpha value is -10.4. The Labute approximate surface area is 476 Å². The van der Waals surface area contributed by atoms with Crippen LogP contribution in [0.2, 0.25) is 0 Å². The molecule has 0 fully saturated rings. The maximum absolute atomic E-state index is 3.00. The number of nitrogens with zero attached hydrogens (tertiary/aromatic N) is 1. The molecule has 0 amide bonds. The zero-order valence-corrected chi connectivity index (χ0v) is 45.7. The minimum absolute atomic E-state index is 1.21. The van der Waals surface area contributed by atoms with Crippen LogP contribution in [0.3, 0.4) is 0 Å². The van der Waals surface area contributed by atoms with Crippen LogP contribution in [0.1, 0.15) is 0 Å². The largest absolute Gasteiger partial charge is 0.308 e. The highest BCUT2D eigenvalue weighted by Gasteiger charge is 2.42. The summed E-state index contributed by atoms with van der Waals surface area (Å²) in [7, 11) is -3.00. The van der Waals surface area contributed by atoms with Gasteiger partial charge in [-0.1, -0.05) is 273 Å². The zero-order valence-electron chi connectivity index (χ0n) is 44.7. The third-order valence-corrected chi connectivity index (χ3v) is 23.3. The molecule has 378 valence electrons. The van der Waals surface area contributed by atoms with E-state index in [0.717, 1.165) is 0 Å². The fourth-order valence-corrected chi connectivity index (χ4v) is 20.0. The van der Waals surface area contributed by atoms with Gasteiger partial charge in [0.2, 0.25) is 0 Å². The van der Waals surface area contributed by atoms with Gasteiger partial charge < -0.3 is 4.40 Å². The lowest BCUT2D eigenvalue weighted by Crippen LogP contribution is -2.74. The first-order valence-corrected chi connectivity index (χ1v) is 30.7. The normalized spacial score (nSPS) is 12.4. The molecule has 0 saturated carbocycles. The van der Waals surface area contributed by atoms with Crippen LogP contribution >= 0.6 is 0 Å². The SMILES string of the molecule is c1ccc([Si](c2ccccc2)(c2ccccc2)c2cc3c4cc5ccc6c(c5cc4n4c5cc7c8c(ccc7cc5c(c2)c34)-c2ccccc2-c2ccccc2-c2ccccc2-8)-c2ccccc2-c2ccccc2-c2ccccc2-6)cc1. The molecule has 0 radical (unpaired) electrons. The van der Waals surface area contributed by atoms with Crippen molar-refractivity contribution in [3.8, 4) is 89.0 Å². The van der Waals surface area contributed by atoms with Crippen LogP contribution in [0.4, 0.5) is 0 Å². The monoisotopic (exact) mass is 1050 g/mol. The number of benzene rings is 14. The fourth-order valence-electron chi connectivity index (χ4n) is 15.2. The van der Waals surface area contributed by atoms with E-state index in [2.05, 4.69) is 302 Å². The Bertz CT molecular complexity index is 4950. The Morgan fingerprint density at radius 3 is 0.805 bits per heavy atom. The van der Waals surface area contributed by atoms with E-state index < -0.39 is 8.07 Å². The molecule has 2 aliphatic rings. The molecule has 0 unspecified atom stereocenters. The number of rotatable bonds is 4. The lowest BCUT2D eigenvalue weighted by Gasteiger charge is -2.34. The van der Waals surface area contributed by atoms with E-state index in [1.807, 2.05) is 0 Å². The Morgan fingerprint density at radius 1 is 0.195 bits per heavy atom. The maximum atomic E-state index is 2.66. The Kier molecular flexibility index (Phi) is 9.60. The highest BCUT2D eigenvalue weighted by Crippen LogP contribution is 2.53. The molecule has 0 spiro atoms. The van der Waals surface area contributed by atoms with Gasteiger partial charge in [0.1, 0.15) is 0 Å². The average Bonchev–Trinajstić information content (AvgIpc) is 2.15. The fraction of sp³-hybridized carbons (Fsp3) is 0.